The third-order valence-electron chi connectivity index (χ3n) is 3.59. The summed E-state index contributed by atoms with van der Waals surface area (Å²) >= 11 is 0. The predicted octanol–water partition coefficient (Wildman–Crippen LogP) is 2.19. The van der Waals surface area contributed by atoms with E-state index in [1.807, 2.05) is 18.0 Å². The molecule has 1 aliphatic carbocycles. The van der Waals surface area contributed by atoms with E-state index >= 15 is 0 Å². The number of likely N-dealkylation sites (N-methyl/N-ethyl adjacent to an activating group) is 1. The number of nitrogens with zero attached hydrogens (tertiary/aromatic N) is 1. The van der Waals surface area contributed by atoms with Crippen molar-refractivity contribution in [1.29, 1.82) is 0 Å². The van der Waals surface area contributed by atoms with Gasteiger partial charge < -0.3 is 4.90 Å². The van der Waals surface area contributed by atoms with Crippen molar-refractivity contribution in [1.82, 2.24) is 4.90 Å². The highest BCUT2D eigenvalue weighted by Crippen LogP contribution is 2.50. The molecule has 1 saturated carbocycles. The molecule has 0 aromatic heterocycles. The molecule has 0 unspecified atom stereocenters. The zero-order valence-corrected chi connectivity index (χ0v) is 9.53. The number of benzene rings is 1. The Balaban J connectivity index is 2.17. The lowest BCUT2D eigenvalue weighted by atomic mass is 9.97. The van der Waals surface area contributed by atoms with Crippen molar-refractivity contribution >= 4 is 5.91 Å². The van der Waals surface area contributed by atoms with Gasteiger partial charge in [-0.2, -0.15) is 0 Å². The Morgan fingerprint density at radius 2 is 2.00 bits per heavy atom. The first-order chi connectivity index (χ1) is 7.05. The number of amides is 1. The van der Waals surface area contributed by atoms with Crippen LogP contribution in [0.15, 0.2) is 30.3 Å². The number of carbonyl (C=O) groups excluding carboxylic acids is 1. The third kappa shape index (κ3) is 1.65. The van der Waals surface area contributed by atoms with E-state index in [0.717, 1.165) is 6.42 Å². The second-order valence-corrected chi connectivity index (χ2v) is 4.63. The fourth-order valence-corrected chi connectivity index (χ4v) is 2.26. The second-order valence-electron chi connectivity index (χ2n) is 4.63. The summed E-state index contributed by atoms with van der Waals surface area (Å²) in [5, 5.41) is 0. The Hall–Kier alpha value is -1.31. The van der Waals surface area contributed by atoms with Crippen LogP contribution in [0.2, 0.25) is 0 Å². The molecule has 1 aromatic rings. The smallest absolute Gasteiger partial charge is 0.219 e. The van der Waals surface area contributed by atoms with Gasteiger partial charge in [0.05, 0.1) is 0 Å². The molecule has 0 saturated heterocycles. The van der Waals surface area contributed by atoms with Gasteiger partial charge in [-0.05, 0) is 12.0 Å². The van der Waals surface area contributed by atoms with E-state index in [-0.39, 0.29) is 11.3 Å². The summed E-state index contributed by atoms with van der Waals surface area (Å²) in [4.78, 5) is 13.1. The summed E-state index contributed by atoms with van der Waals surface area (Å²) in [6.45, 7) is 3.86. The number of hydrogen-bond donors (Lipinski definition) is 0. The number of hydrogen-bond acceptors (Lipinski definition) is 1. The highest BCUT2D eigenvalue weighted by atomic mass is 16.2. The minimum atomic E-state index is 0.152. The highest BCUT2D eigenvalue weighted by molar-refractivity contribution is 5.74. The van der Waals surface area contributed by atoms with Crippen LogP contribution in [0.1, 0.15) is 25.8 Å². The van der Waals surface area contributed by atoms with Crippen LogP contribution in [-0.4, -0.2) is 23.9 Å². The first-order valence-electron chi connectivity index (χ1n) is 5.34. The van der Waals surface area contributed by atoms with E-state index in [1.54, 1.807) is 6.92 Å². The Morgan fingerprint density at radius 1 is 1.40 bits per heavy atom. The topological polar surface area (TPSA) is 20.3 Å². The van der Waals surface area contributed by atoms with Crippen molar-refractivity contribution in [2.75, 3.05) is 7.05 Å². The summed E-state index contributed by atoms with van der Waals surface area (Å²) in [5.41, 5.74) is 1.50. The first-order valence-corrected chi connectivity index (χ1v) is 5.34. The molecule has 1 amide bonds. The maximum atomic E-state index is 11.3. The van der Waals surface area contributed by atoms with Crippen LogP contribution in [0.5, 0.6) is 0 Å². The zero-order valence-electron chi connectivity index (χ0n) is 9.53. The summed E-state index contributed by atoms with van der Waals surface area (Å²) in [7, 11) is 1.89. The summed E-state index contributed by atoms with van der Waals surface area (Å²) in [5.74, 6) is 0.152. The van der Waals surface area contributed by atoms with E-state index in [0.29, 0.717) is 6.04 Å². The fourth-order valence-electron chi connectivity index (χ4n) is 2.26. The molecule has 1 aromatic carbocycles. The van der Waals surface area contributed by atoms with E-state index in [9.17, 15) is 4.79 Å². The third-order valence-corrected chi connectivity index (χ3v) is 3.59. The Morgan fingerprint density at radius 3 is 2.53 bits per heavy atom. The van der Waals surface area contributed by atoms with E-state index < -0.39 is 0 Å². The molecule has 0 spiro atoms. The Labute approximate surface area is 90.9 Å². The maximum Gasteiger partial charge on any atom is 0.219 e. The quantitative estimate of drug-likeness (QED) is 0.721. The summed E-state index contributed by atoms with van der Waals surface area (Å²) < 4.78 is 0. The van der Waals surface area contributed by atoms with Crippen LogP contribution in [0, 0.1) is 0 Å². The molecule has 1 aliphatic rings. The molecular formula is C13H17NO. The van der Waals surface area contributed by atoms with Crippen LogP contribution in [0.25, 0.3) is 0 Å². The molecule has 0 radical (unpaired) electrons. The van der Waals surface area contributed by atoms with Gasteiger partial charge in [-0.25, -0.2) is 0 Å². The standard InChI is InChI=1S/C13H17NO/c1-10(15)14(3)12-9-13(12,2)11-7-5-4-6-8-11/h4-8,12H,9H2,1-3H3/t12-,13+/m0/s1. The van der Waals surface area contributed by atoms with Crippen LogP contribution in [0.4, 0.5) is 0 Å². The molecule has 2 atom stereocenters. The van der Waals surface area contributed by atoms with Gasteiger partial charge in [-0.15, -0.1) is 0 Å². The van der Waals surface area contributed by atoms with Gasteiger partial charge in [0.25, 0.3) is 0 Å². The second kappa shape index (κ2) is 3.37. The molecule has 2 heteroatoms. The Kier molecular flexibility index (Phi) is 2.29. The molecule has 0 aliphatic heterocycles. The molecular weight excluding hydrogens is 186 g/mol. The van der Waals surface area contributed by atoms with Gasteiger partial charge in [0.15, 0.2) is 0 Å². The lowest BCUT2D eigenvalue weighted by molar-refractivity contribution is -0.128. The van der Waals surface area contributed by atoms with Gasteiger partial charge in [-0.3, -0.25) is 4.79 Å². The lowest BCUT2D eigenvalue weighted by Crippen LogP contribution is -2.30. The number of carbonyl (C=O) groups is 1. The van der Waals surface area contributed by atoms with Crippen molar-refractivity contribution in [3.05, 3.63) is 35.9 Å². The molecule has 1 fully saturated rings. The van der Waals surface area contributed by atoms with Crippen LogP contribution in [-0.2, 0) is 10.2 Å². The van der Waals surface area contributed by atoms with E-state index in [4.69, 9.17) is 0 Å². The van der Waals surface area contributed by atoms with Gasteiger partial charge in [0.2, 0.25) is 5.91 Å². The van der Waals surface area contributed by atoms with Crippen molar-refractivity contribution in [2.45, 2.75) is 31.7 Å². The predicted molar refractivity (Wildman–Crippen MR) is 60.6 cm³/mol. The monoisotopic (exact) mass is 203 g/mol. The average Bonchev–Trinajstić information content (AvgIpc) is 2.92. The average molecular weight is 203 g/mol. The molecule has 0 heterocycles. The highest BCUT2D eigenvalue weighted by Gasteiger charge is 2.54. The molecule has 15 heavy (non-hydrogen) atoms. The van der Waals surface area contributed by atoms with Crippen molar-refractivity contribution in [3.8, 4) is 0 Å². The Bertz CT molecular complexity index is 373. The van der Waals surface area contributed by atoms with Crippen LogP contribution in [0.3, 0.4) is 0 Å². The van der Waals surface area contributed by atoms with Gasteiger partial charge >= 0.3 is 0 Å². The maximum absolute atomic E-state index is 11.3. The minimum absolute atomic E-state index is 0.152. The van der Waals surface area contributed by atoms with Crippen molar-refractivity contribution in [3.63, 3.8) is 0 Å². The van der Waals surface area contributed by atoms with Crippen LogP contribution < -0.4 is 0 Å². The van der Waals surface area contributed by atoms with Gasteiger partial charge in [0.1, 0.15) is 0 Å². The van der Waals surface area contributed by atoms with E-state index in [1.165, 1.54) is 5.56 Å². The summed E-state index contributed by atoms with van der Waals surface area (Å²) in [6, 6.07) is 10.8. The van der Waals surface area contributed by atoms with Gasteiger partial charge in [-0.1, -0.05) is 37.3 Å². The minimum Gasteiger partial charge on any atom is -0.342 e. The van der Waals surface area contributed by atoms with Gasteiger partial charge in [0, 0.05) is 25.4 Å². The zero-order chi connectivity index (χ0) is 11.1. The molecule has 2 rings (SSSR count). The fraction of sp³-hybridized carbons (Fsp3) is 0.462. The van der Waals surface area contributed by atoms with Crippen molar-refractivity contribution < 1.29 is 4.79 Å². The SMILES string of the molecule is CC(=O)N(C)[C@H]1C[C@]1(C)c1ccccc1. The van der Waals surface area contributed by atoms with Crippen LogP contribution >= 0.6 is 0 Å². The first kappa shape index (κ1) is 10.2. The molecule has 2 nitrogen and oxygen atoms in total. The number of rotatable bonds is 2. The molecule has 0 bridgehead atoms. The largest absolute Gasteiger partial charge is 0.342 e. The van der Waals surface area contributed by atoms with Crippen molar-refractivity contribution in [2.24, 2.45) is 0 Å². The lowest BCUT2D eigenvalue weighted by Gasteiger charge is -2.19. The van der Waals surface area contributed by atoms with E-state index in [2.05, 4.69) is 31.2 Å². The summed E-state index contributed by atoms with van der Waals surface area (Å²) in [6.07, 6.45) is 1.08. The normalized spacial score (nSPS) is 28.6. The molecule has 80 valence electrons. The molecule has 0 N–H and O–H groups in total.